The summed E-state index contributed by atoms with van der Waals surface area (Å²) in [4.78, 5) is 0. The van der Waals surface area contributed by atoms with E-state index in [9.17, 15) is 4.32 Å². The van der Waals surface area contributed by atoms with Gasteiger partial charge in [0.1, 0.15) is 0 Å². The molecule has 2 radical (unpaired) electrons. The summed E-state index contributed by atoms with van der Waals surface area (Å²) in [7, 11) is 2.69. The summed E-state index contributed by atoms with van der Waals surface area (Å²) in [6.45, 7) is 0. The van der Waals surface area contributed by atoms with Crippen molar-refractivity contribution in [3.63, 3.8) is 0 Å². The van der Waals surface area contributed by atoms with Crippen molar-refractivity contribution in [1.82, 2.24) is 0 Å². The summed E-state index contributed by atoms with van der Waals surface area (Å²) in [5, 5.41) is 0. The van der Waals surface area contributed by atoms with Gasteiger partial charge in [0.05, 0.1) is 7.57 Å². The Balaban J connectivity index is 2.54. The van der Waals surface area contributed by atoms with E-state index in [0.29, 0.717) is 0 Å². The van der Waals surface area contributed by atoms with Gasteiger partial charge in [-0.15, -0.1) is 0 Å². The molecule has 0 aliphatic rings. The standard InChI is InChI=1S/B2FH2P/c1-4-2-3/h2,4H/i2D. The molecular weight excluding hydrogens is 71.6 g/mol. The lowest BCUT2D eigenvalue weighted by Gasteiger charge is -1.61. The largest absolute Gasteiger partial charge is 0.345 e. The van der Waals surface area contributed by atoms with Crippen LogP contribution < -0.4 is 0 Å². The van der Waals surface area contributed by atoms with Gasteiger partial charge in [-0.25, -0.2) is 0 Å². The molecule has 0 aromatic rings. The normalized spacial score (nSPS) is 12.8. The van der Waals surface area contributed by atoms with E-state index in [4.69, 9.17) is 1.34 Å². The SMILES string of the molecule is [2H]B(F)P[B]. The summed E-state index contributed by atoms with van der Waals surface area (Å²) in [5.41, 5.74) is 0. The van der Waals surface area contributed by atoms with Crippen LogP contribution in [0.4, 0.5) is 4.32 Å². The van der Waals surface area contributed by atoms with Gasteiger partial charge >= 0.3 is 7.24 Å². The Bertz CT molecular complexity index is 23.6. The Labute approximate surface area is 29.9 Å². The molecule has 0 N–H and O–H groups in total. The van der Waals surface area contributed by atoms with E-state index in [0.717, 1.165) is 0 Å². The summed E-state index contributed by atoms with van der Waals surface area (Å²) in [6, 6.07) is 0. The van der Waals surface area contributed by atoms with Crippen LogP contribution in [0.25, 0.3) is 0 Å². The van der Waals surface area contributed by atoms with Crippen LogP contribution in [0.5, 0.6) is 0 Å². The van der Waals surface area contributed by atoms with Gasteiger partial charge in [0, 0.05) is 1.34 Å². The molecule has 0 amide bonds. The first-order valence-corrected chi connectivity index (χ1v) is 1.95. The first-order chi connectivity index (χ1) is 2.27. The second kappa shape index (κ2) is 3.49. The lowest BCUT2D eigenvalue weighted by molar-refractivity contribution is 0.895. The topological polar surface area (TPSA) is 0 Å². The zero-order valence-electron chi connectivity index (χ0n) is 3.03. The number of hydrogen-bond donors (Lipinski definition) is 0. The van der Waals surface area contributed by atoms with E-state index < -0.39 is 7.24 Å². The predicted octanol–water partition coefficient (Wildman–Crippen LogP) is -0.0156. The molecule has 0 aliphatic carbocycles. The molecule has 0 nitrogen and oxygen atoms in total. The van der Waals surface area contributed by atoms with Crippen LogP contribution in [0.2, 0.25) is 0 Å². The van der Waals surface area contributed by atoms with Crippen LogP contribution in [-0.2, 0) is 0 Å². The Morgan fingerprint density at radius 1 is 2.50 bits per heavy atom. The van der Waals surface area contributed by atoms with Crippen molar-refractivity contribution in [2.24, 2.45) is 0 Å². The third-order valence-corrected chi connectivity index (χ3v) is 0.189. The average Bonchev–Trinajstić information content (AvgIpc) is 1.38. The van der Waals surface area contributed by atoms with E-state index in [1.165, 1.54) is 0 Å². The first kappa shape index (κ1) is 2.71. The molecule has 0 saturated carbocycles. The van der Waals surface area contributed by atoms with Crippen molar-refractivity contribution in [2.45, 2.75) is 0 Å². The van der Waals surface area contributed by atoms with E-state index in [2.05, 4.69) is 7.57 Å². The van der Waals surface area contributed by atoms with Crippen LogP contribution in [0.3, 0.4) is 0 Å². The number of halogens is 1. The quantitative estimate of drug-likeness (QED) is 0.303. The molecule has 0 spiro atoms. The molecule has 0 fully saturated rings. The highest BCUT2D eigenvalue weighted by Gasteiger charge is 1.67. The summed E-state index contributed by atoms with van der Waals surface area (Å²) < 4.78 is 17.0. The first-order valence-electron chi connectivity index (χ1n) is 1.37. The highest BCUT2D eigenvalue weighted by molar-refractivity contribution is 7.89. The van der Waals surface area contributed by atoms with Crippen molar-refractivity contribution < 1.29 is 4.32 Å². The molecule has 0 aromatic heterocycles. The second-order valence-corrected chi connectivity index (χ2v) is 0.827. The van der Waals surface area contributed by atoms with Gasteiger partial charge in [0.15, 0.2) is 0 Å². The summed E-state index contributed by atoms with van der Waals surface area (Å²) >= 11 is 0. The van der Waals surface area contributed by atoms with Crippen LogP contribution in [0.1, 0.15) is 0 Å². The molecule has 0 saturated heterocycles. The summed E-state index contributed by atoms with van der Waals surface area (Å²) in [5.74, 6) is 0. The molecule has 0 rings (SSSR count). The van der Waals surface area contributed by atoms with Crippen molar-refractivity contribution >= 4 is 23.1 Å². The molecule has 0 heterocycles. The third-order valence-electron chi connectivity index (χ3n) is 0.0630. The van der Waals surface area contributed by atoms with Crippen LogP contribution in [0.15, 0.2) is 0 Å². The van der Waals surface area contributed by atoms with E-state index in [-0.39, 0.29) is 8.34 Å². The van der Waals surface area contributed by atoms with Gasteiger partial charge in [-0.3, -0.25) is 0 Å². The molecule has 0 aliphatic heterocycles. The molecule has 4 heavy (non-hydrogen) atoms. The van der Waals surface area contributed by atoms with Gasteiger partial charge in [-0.2, -0.15) is 8.34 Å². The Kier molecular flexibility index (Phi) is 2.37. The average molecular weight is 74.6 g/mol. The smallest absolute Gasteiger partial charge is 0.336 e. The lowest BCUT2D eigenvalue weighted by Crippen LogP contribution is -1.54. The maximum atomic E-state index is 11.0. The van der Waals surface area contributed by atoms with Crippen molar-refractivity contribution in [2.75, 3.05) is 0 Å². The van der Waals surface area contributed by atoms with E-state index in [1.54, 1.807) is 0 Å². The van der Waals surface area contributed by atoms with E-state index in [1.807, 2.05) is 0 Å². The fraction of sp³-hybridized carbons (Fsp3) is 0. The molecule has 4 heteroatoms. The fourth-order valence-electron chi connectivity index (χ4n) is 0. The maximum absolute atomic E-state index is 11.0. The van der Waals surface area contributed by atoms with E-state index >= 15 is 0 Å². The minimum absolute atomic E-state index is 0.386. The molecule has 1 unspecified atom stereocenters. The molecular formula is H2B2FP. The predicted molar refractivity (Wildman–Crippen MR) is 22.3 cm³/mol. The zero-order chi connectivity index (χ0) is 4.28. The molecule has 0 bridgehead atoms. The van der Waals surface area contributed by atoms with Gasteiger partial charge in [0.25, 0.3) is 0 Å². The van der Waals surface area contributed by atoms with Crippen molar-refractivity contribution in [1.29, 1.82) is 1.34 Å². The summed E-state index contributed by atoms with van der Waals surface area (Å²) in [6.07, 6.45) is 0. The molecule has 20 valence electrons. The zero-order valence-corrected chi connectivity index (χ0v) is 3.03. The fourth-order valence-corrected chi connectivity index (χ4v) is 0. The van der Waals surface area contributed by atoms with Gasteiger partial charge in [-0.05, 0) is 0 Å². The number of hydrogen-bond acceptors (Lipinski definition) is 0. The Morgan fingerprint density at radius 2 is 2.75 bits per heavy atom. The monoisotopic (exact) mass is 75.0 g/mol. The van der Waals surface area contributed by atoms with Crippen molar-refractivity contribution in [3.8, 4) is 0 Å². The third kappa shape index (κ3) is 2.49. The highest BCUT2D eigenvalue weighted by atomic mass is 31.1. The van der Waals surface area contributed by atoms with Crippen LogP contribution in [0, 0.1) is 0 Å². The highest BCUT2D eigenvalue weighted by Crippen LogP contribution is 1.91. The Morgan fingerprint density at radius 3 is 2.75 bits per heavy atom. The maximum Gasteiger partial charge on any atom is 0.345 e. The minimum atomic E-state index is -1.56. The minimum Gasteiger partial charge on any atom is -0.336 e. The van der Waals surface area contributed by atoms with Crippen LogP contribution in [-0.4, -0.2) is 16.1 Å². The van der Waals surface area contributed by atoms with Gasteiger partial charge in [0.2, 0.25) is 0 Å². The van der Waals surface area contributed by atoms with Crippen LogP contribution >= 0.6 is 8.34 Å². The lowest BCUT2D eigenvalue weighted by atomic mass is 10.6. The number of rotatable bonds is 1. The van der Waals surface area contributed by atoms with Crippen molar-refractivity contribution in [3.05, 3.63) is 0 Å². The Hall–Kier alpha value is 0.490. The molecule has 0 aromatic carbocycles. The van der Waals surface area contributed by atoms with Gasteiger partial charge < -0.3 is 4.32 Å². The van der Waals surface area contributed by atoms with Gasteiger partial charge in [-0.1, -0.05) is 0 Å². The molecule has 1 atom stereocenters. The second-order valence-electron chi connectivity index (χ2n) is 0.276.